The number of hydrogen-bond acceptors (Lipinski definition) is 3. The number of benzene rings is 2. The van der Waals surface area contributed by atoms with Crippen LogP contribution in [-0.4, -0.2) is 31.1 Å². The summed E-state index contributed by atoms with van der Waals surface area (Å²) in [6.07, 6.45) is 3.33. The van der Waals surface area contributed by atoms with Gasteiger partial charge in [0.1, 0.15) is 0 Å². The summed E-state index contributed by atoms with van der Waals surface area (Å²) in [6, 6.07) is 14.6. The maximum atomic E-state index is 11.4. The maximum Gasteiger partial charge on any atom is 0.337 e. The van der Waals surface area contributed by atoms with Gasteiger partial charge in [0.25, 0.3) is 0 Å². The van der Waals surface area contributed by atoms with Crippen LogP contribution in [0.1, 0.15) is 39.0 Å². The lowest BCUT2D eigenvalue weighted by atomic mass is 9.97. The van der Waals surface area contributed by atoms with Crippen LogP contribution >= 0.6 is 0 Å². The monoisotopic (exact) mass is 323 g/mol. The molecule has 2 aromatic carbocycles. The predicted molar refractivity (Wildman–Crippen MR) is 96.3 cm³/mol. The van der Waals surface area contributed by atoms with Crippen molar-refractivity contribution in [1.82, 2.24) is 4.90 Å². The number of aryl methyl sites for hydroxylation is 2. The van der Waals surface area contributed by atoms with E-state index in [4.69, 9.17) is 4.74 Å². The zero-order chi connectivity index (χ0) is 16.9. The van der Waals surface area contributed by atoms with E-state index in [9.17, 15) is 4.79 Å². The molecule has 1 aliphatic rings. The highest BCUT2D eigenvalue weighted by Crippen LogP contribution is 2.20. The standard InChI is InChI=1S/C21H25NO2/c1-16-5-8-18-11-13-22(15-20(18)14-16)12-3-4-17-6-9-19(10-7-17)21(23)24-2/h5-10,14H,3-4,11-13,15H2,1-2H3. The molecule has 3 rings (SSSR count). The number of fused-ring (bicyclic) bond motifs is 1. The van der Waals surface area contributed by atoms with Gasteiger partial charge in [0, 0.05) is 13.1 Å². The minimum absolute atomic E-state index is 0.274. The number of carbonyl (C=O) groups excluding carboxylic acids is 1. The summed E-state index contributed by atoms with van der Waals surface area (Å²) in [5.41, 5.74) is 6.24. The van der Waals surface area contributed by atoms with Crippen molar-refractivity contribution in [2.45, 2.75) is 32.7 Å². The molecular formula is C21H25NO2. The van der Waals surface area contributed by atoms with Crippen molar-refractivity contribution in [3.63, 3.8) is 0 Å². The number of rotatable bonds is 5. The molecule has 0 amide bonds. The van der Waals surface area contributed by atoms with Gasteiger partial charge in [0.2, 0.25) is 0 Å². The van der Waals surface area contributed by atoms with Crippen LogP contribution in [0.15, 0.2) is 42.5 Å². The Morgan fingerprint density at radius 2 is 1.92 bits per heavy atom. The second kappa shape index (κ2) is 7.63. The van der Waals surface area contributed by atoms with Crippen LogP contribution in [0.4, 0.5) is 0 Å². The van der Waals surface area contributed by atoms with E-state index in [1.807, 2.05) is 24.3 Å². The summed E-state index contributed by atoms with van der Waals surface area (Å²) in [7, 11) is 1.41. The summed E-state index contributed by atoms with van der Waals surface area (Å²) in [6.45, 7) is 5.50. The molecule has 0 saturated carbocycles. The van der Waals surface area contributed by atoms with Gasteiger partial charge >= 0.3 is 5.97 Å². The Morgan fingerprint density at radius 1 is 1.12 bits per heavy atom. The molecule has 126 valence electrons. The number of esters is 1. The fourth-order valence-corrected chi connectivity index (χ4v) is 3.37. The molecule has 2 aromatic rings. The summed E-state index contributed by atoms with van der Waals surface area (Å²) in [4.78, 5) is 14.0. The number of carbonyl (C=O) groups is 1. The first-order valence-corrected chi connectivity index (χ1v) is 8.64. The Kier molecular flexibility index (Phi) is 5.31. The molecule has 3 heteroatoms. The third-order valence-electron chi connectivity index (χ3n) is 4.77. The molecule has 0 spiro atoms. The molecule has 0 fully saturated rings. The summed E-state index contributed by atoms with van der Waals surface area (Å²) < 4.78 is 4.73. The van der Waals surface area contributed by atoms with Crippen LogP contribution in [0.3, 0.4) is 0 Å². The summed E-state index contributed by atoms with van der Waals surface area (Å²) in [5, 5.41) is 0. The summed E-state index contributed by atoms with van der Waals surface area (Å²) >= 11 is 0. The molecule has 0 aliphatic carbocycles. The van der Waals surface area contributed by atoms with Gasteiger partial charge in [-0.05, 0) is 61.6 Å². The van der Waals surface area contributed by atoms with Gasteiger partial charge in [-0.25, -0.2) is 4.79 Å². The molecule has 3 nitrogen and oxygen atoms in total. The SMILES string of the molecule is COC(=O)c1ccc(CCCN2CCc3ccc(C)cc3C2)cc1. The fourth-order valence-electron chi connectivity index (χ4n) is 3.37. The lowest BCUT2D eigenvalue weighted by Gasteiger charge is -2.29. The van der Waals surface area contributed by atoms with E-state index in [0.717, 1.165) is 38.9 Å². The van der Waals surface area contributed by atoms with Crippen molar-refractivity contribution in [2.75, 3.05) is 20.2 Å². The molecule has 1 heterocycles. The van der Waals surface area contributed by atoms with E-state index in [2.05, 4.69) is 30.0 Å². The number of ether oxygens (including phenoxy) is 1. The first-order chi connectivity index (χ1) is 11.7. The van der Waals surface area contributed by atoms with Crippen LogP contribution < -0.4 is 0 Å². The molecule has 0 bridgehead atoms. The molecule has 0 N–H and O–H groups in total. The smallest absolute Gasteiger partial charge is 0.337 e. The Balaban J connectivity index is 1.49. The topological polar surface area (TPSA) is 29.5 Å². The van der Waals surface area contributed by atoms with Crippen molar-refractivity contribution < 1.29 is 9.53 Å². The highest BCUT2D eigenvalue weighted by atomic mass is 16.5. The first kappa shape index (κ1) is 16.7. The Morgan fingerprint density at radius 3 is 2.67 bits per heavy atom. The average Bonchev–Trinajstić information content (AvgIpc) is 2.61. The van der Waals surface area contributed by atoms with Crippen LogP contribution in [0.5, 0.6) is 0 Å². The van der Waals surface area contributed by atoms with E-state index in [-0.39, 0.29) is 5.97 Å². The van der Waals surface area contributed by atoms with Gasteiger partial charge in [-0.2, -0.15) is 0 Å². The average molecular weight is 323 g/mol. The zero-order valence-corrected chi connectivity index (χ0v) is 14.5. The Labute approximate surface area is 144 Å². The van der Waals surface area contributed by atoms with Gasteiger partial charge in [0.05, 0.1) is 12.7 Å². The van der Waals surface area contributed by atoms with Crippen LogP contribution in [0, 0.1) is 6.92 Å². The molecule has 24 heavy (non-hydrogen) atoms. The minimum Gasteiger partial charge on any atom is -0.465 e. The van der Waals surface area contributed by atoms with E-state index in [1.165, 1.54) is 29.4 Å². The van der Waals surface area contributed by atoms with E-state index in [0.29, 0.717) is 5.56 Å². The van der Waals surface area contributed by atoms with Gasteiger partial charge in [0.15, 0.2) is 0 Å². The van der Waals surface area contributed by atoms with Gasteiger partial charge in [-0.1, -0.05) is 35.9 Å². The molecule has 0 aromatic heterocycles. The fraction of sp³-hybridized carbons (Fsp3) is 0.381. The van der Waals surface area contributed by atoms with Crippen molar-refractivity contribution in [2.24, 2.45) is 0 Å². The molecule has 0 unspecified atom stereocenters. The lowest BCUT2D eigenvalue weighted by molar-refractivity contribution is 0.0600. The van der Waals surface area contributed by atoms with Crippen LogP contribution in [0.2, 0.25) is 0 Å². The van der Waals surface area contributed by atoms with E-state index < -0.39 is 0 Å². The minimum atomic E-state index is -0.274. The second-order valence-electron chi connectivity index (χ2n) is 6.59. The highest BCUT2D eigenvalue weighted by molar-refractivity contribution is 5.89. The largest absolute Gasteiger partial charge is 0.465 e. The molecule has 0 saturated heterocycles. The number of nitrogens with zero attached hydrogens (tertiary/aromatic N) is 1. The van der Waals surface area contributed by atoms with Crippen molar-refractivity contribution in [1.29, 1.82) is 0 Å². The van der Waals surface area contributed by atoms with Crippen molar-refractivity contribution >= 4 is 5.97 Å². The van der Waals surface area contributed by atoms with Crippen LogP contribution in [-0.2, 0) is 24.1 Å². The number of hydrogen-bond donors (Lipinski definition) is 0. The van der Waals surface area contributed by atoms with Crippen molar-refractivity contribution in [3.05, 3.63) is 70.3 Å². The third kappa shape index (κ3) is 4.04. The number of methoxy groups -OCH3 is 1. The Bertz CT molecular complexity index is 706. The summed E-state index contributed by atoms with van der Waals surface area (Å²) in [5.74, 6) is -0.274. The molecule has 1 aliphatic heterocycles. The molecular weight excluding hydrogens is 298 g/mol. The van der Waals surface area contributed by atoms with Gasteiger partial charge in [-0.15, -0.1) is 0 Å². The van der Waals surface area contributed by atoms with E-state index in [1.54, 1.807) is 0 Å². The second-order valence-corrected chi connectivity index (χ2v) is 6.59. The predicted octanol–water partition coefficient (Wildman–Crippen LogP) is 3.77. The maximum absolute atomic E-state index is 11.4. The quantitative estimate of drug-likeness (QED) is 0.785. The molecule has 0 radical (unpaired) electrons. The first-order valence-electron chi connectivity index (χ1n) is 8.64. The third-order valence-corrected chi connectivity index (χ3v) is 4.77. The van der Waals surface area contributed by atoms with Crippen LogP contribution in [0.25, 0.3) is 0 Å². The van der Waals surface area contributed by atoms with E-state index >= 15 is 0 Å². The van der Waals surface area contributed by atoms with Gasteiger partial charge in [-0.3, -0.25) is 4.90 Å². The highest BCUT2D eigenvalue weighted by Gasteiger charge is 2.15. The van der Waals surface area contributed by atoms with Gasteiger partial charge < -0.3 is 4.74 Å². The van der Waals surface area contributed by atoms with Crippen molar-refractivity contribution in [3.8, 4) is 0 Å². The molecule has 0 atom stereocenters. The lowest BCUT2D eigenvalue weighted by Crippen LogP contribution is -2.31. The zero-order valence-electron chi connectivity index (χ0n) is 14.5. The Hall–Kier alpha value is -2.13. The normalized spacial score (nSPS) is 14.2.